The summed E-state index contributed by atoms with van der Waals surface area (Å²) in [4.78, 5) is 10.4. The minimum atomic E-state index is -0.739. The maximum atomic E-state index is 12.9. The Morgan fingerprint density at radius 1 is 1.32 bits per heavy atom. The summed E-state index contributed by atoms with van der Waals surface area (Å²) in [6, 6.07) is 7.23. The fourth-order valence-electron chi connectivity index (χ4n) is 2.75. The van der Waals surface area contributed by atoms with Gasteiger partial charge in [0.15, 0.2) is 0 Å². The molecule has 2 atom stereocenters. The third-order valence-electron chi connectivity index (χ3n) is 3.77. The molecule has 1 aromatic rings. The standard InChI is InChI=1S/C15H20FNO2/c16-13-6-3-11(4-7-13)12-5-8-14(10-12)17-9-1-2-15(18)19/h3-4,6-7,12,14,17H,1-2,5,8-10H2,(H,18,19). The molecule has 2 rings (SSSR count). The predicted molar refractivity (Wildman–Crippen MR) is 71.7 cm³/mol. The van der Waals surface area contributed by atoms with Crippen LogP contribution in [-0.2, 0) is 4.79 Å². The molecule has 0 spiro atoms. The highest BCUT2D eigenvalue weighted by molar-refractivity contribution is 5.66. The topological polar surface area (TPSA) is 49.3 Å². The molecule has 2 unspecified atom stereocenters. The van der Waals surface area contributed by atoms with Crippen LogP contribution in [0, 0.1) is 5.82 Å². The van der Waals surface area contributed by atoms with Gasteiger partial charge in [0.05, 0.1) is 0 Å². The van der Waals surface area contributed by atoms with E-state index in [1.807, 2.05) is 12.1 Å². The summed E-state index contributed by atoms with van der Waals surface area (Å²) in [6.45, 7) is 0.757. The molecule has 0 amide bonds. The lowest BCUT2D eigenvalue weighted by Gasteiger charge is -2.13. The van der Waals surface area contributed by atoms with E-state index in [1.54, 1.807) is 0 Å². The minimum Gasteiger partial charge on any atom is -0.481 e. The zero-order valence-corrected chi connectivity index (χ0v) is 10.9. The SMILES string of the molecule is O=C(O)CCCNC1CCC(c2ccc(F)cc2)C1. The number of carboxylic acid groups (broad SMARTS) is 1. The summed E-state index contributed by atoms with van der Waals surface area (Å²) in [5.74, 6) is -0.430. The molecule has 0 heterocycles. The van der Waals surface area contributed by atoms with Crippen LogP contribution in [0.4, 0.5) is 4.39 Å². The number of rotatable bonds is 6. The van der Waals surface area contributed by atoms with Gasteiger partial charge >= 0.3 is 5.97 Å². The van der Waals surface area contributed by atoms with Gasteiger partial charge in [0.2, 0.25) is 0 Å². The highest BCUT2D eigenvalue weighted by Gasteiger charge is 2.25. The molecule has 1 aliphatic carbocycles. The molecule has 1 saturated carbocycles. The van der Waals surface area contributed by atoms with Gasteiger partial charge in [-0.2, -0.15) is 0 Å². The summed E-state index contributed by atoms with van der Waals surface area (Å²) in [5.41, 5.74) is 1.20. The fraction of sp³-hybridized carbons (Fsp3) is 0.533. The Bertz CT molecular complexity index is 419. The van der Waals surface area contributed by atoms with Crippen molar-refractivity contribution in [3.63, 3.8) is 0 Å². The van der Waals surface area contributed by atoms with Gasteiger partial charge in [-0.15, -0.1) is 0 Å². The lowest BCUT2D eigenvalue weighted by atomic mass is 9.97. The summed E-state index contributed by atoms with van der Waals surface area (Å²) in [7, 11) is 0. The molecule has 0 aliphatic heterocycles. The molecule has 0 bridgehead atoms. The molecule has 1 fully saturated rings. The Hall–Kier alpha value is -1.42. The molecule has 3 nitrogen and oxygen atoms in total. The van der Waals surface area contributed by atoms with Crippen LogP contribution < -0.4 is 5.32 Å². The van der Waals surface area contributed by atoms with Gasteiger partial charge < -0.3 is 10.4 Å². The molecule has 0 radical (unpaired) electrons. The van der Waals surface area contributed by atoms with Crippen LogP contribution in [0.3, 0.4) is 0 Å². The first kappa shape index (κ1) is 14.0. The van der Waals surface area contributed by atoms with E-state index in [2.05, 4.69) is 5.32 Å². The highest BCUT2D eigenvalue weighted by Crippen LogP contribution is 2.34. The fourth-order valence-corrected chi connectivity index (χ4v) is 2.75. The molecule has 19 heavy (non-hydrogen) atoms. The van der Waals surface area contributed by atoms with Crippen molar-refractivity contribution in [3.05, 3.63) is 35.6 Å². The maximum absolute atomic E-state index is 12.9. The number of aliphatic carboxylic acids is 1. The van der Waals surface area contributed by atoms with Crippen molar-refractivity contribution in [2.24, 2.45) is 0 Å². The van der Waals surface area contributed by atoms with Crippen molar-refractivity contribution in [1.29, 1.82) is 0 Å². The minimum absolute atomic E-state index is 0.190. The van der Waals surface area contributed by atoms with Crippen LogP contribution in [0.5, 0.6) is 0 Å². The first-order valence-corrected chi connectivity index (χ1v) is 6.86. The van der Waals surface area contributed by atoms with E-state index in [4.69, 9.17) is 5.11 Å². The molecule has 1 aromatic carbocycles. The van der Waals surface area contributed by atoms with Gasteiger partial charge in [0.25, 0.3) is 0 Å². The zero-order valence-electron chi connectivity index (χ0n) is 10.9. The third kappa shape index (κ3) is 4.31. The molecule has 0 aromatic heterocycles. The number of carboxylic acids is 1. The van der Waals surface area contributed by atoms with Crippen LogP contribution in [0.15, 0.2) is 24.3 Å². The number of nitrogens with one attached hydrogen (secondary N) is 1. The summed E-state index contributed by atoms with van der Waals surface area (Å²) in [5, 5.41) is 12.0. The highest BCUT2D eigenvalue weighted by atomic mass is 19.1. The lowest BCUT2D eigenvalue weighted by molar-refractivity contribution is -0.137. The second kappa shape index (κ2) is 6.66. The van der Waals surface area contributed by atoms with E-state index in [-0.39, 0.29) is 12.2 Å². The maximum Gasteiger partial charge on any atom is 0.303 e. The quantitative estimate of drug-likeness (QED) is 0.777. The number of hydrogen-bond donors (Lipinski definition) is 2. The molecule has 1 aliphatic rings. The van der Waals surface area contributed by atoms with E-state index in [9.17, 15) is 9.18 Å². The second-order valence-electron chi connectivity index (χ2n) is 5.21. The molecule has 2 N–H and O–H groups in total. The predicted octanol–water partition coefficient (Wildman–Crippen LogP) is 2.92. The molecule has 104 valence electrons. The third-order valence-corrected chi connectivity index (χ3v) is 3.77. The Labute approximate surface area is 112 Å². The van der Waals surface area contributed by atoms with Gasteiger partial charge in [-0.05, 0) is 55.8 Å². The summed E-state index contributed by atoms with van der Waals surface area (Å²) < 4.78 is 12.9. The largest absolute Gasteiger partial charge is 0.481 e. The smallest absolute Gasteiger partial charge is 0.303 e. The van der Waals surface area contributed by atoms with E-state index >= 15 is 0 Å². The monoisotopic (exact) mass is 265 g/mol. The Morgan fingerprint density at radius 2 is 2.05 bits per heavy atom. The first-order chi connectivity index (χ1) is 9.15. The first-order valence-electron chi connectivity index (χ1n) is 6.86. The van der Waals surface area contributed by atoms with Gasteiger partial charge in [-0.1, -0.05) is 12.1 Å². The van der Waals surface area contributed by atoms with Gasteiger partial charge in [0.1, 0.15) is 5.82 Å². The zero-order chi connectivity index (χ0) is 13.7. The van der Waals surface area contributed by atoms with Gasteiger partial charge in [-0.25, -0.2) is 4.39 Å². The van der Waals surface area contributed by atoms with E-state index in [0.29, 0.717) is 18.4 Å². The molecular weight excluding hydrogens is 245 g/mol. The van der Waals surface area contributed by atoms with Crippen molar-refractivity contribution >= 4 is 5.97 Å². The summed E-state index contributed by atoms with van der Waals surface area (Å²) >= 11 is 0. The van der Waals surface area contributed by atoms with E-state index < -0.39 is 5.97 Å². The number of benzene rings is 1. The van der Waals surface area contributed by atoms with Crippen molar-refractivity contribution < 1.29 is 14.3 Å². The summed E-state index contributed by atoms with van der Waals surface area (Å²) in [6.07, 6.45) is 4.17. The average Bonchev–Trinajstić information content (AvgIpc) is 2.84. The number of halogens is 1. The van der Waals surface area contributed by atoms with Crippen molar-refractivity contribution in [2.75, 3.05) is 6.54 Å². The normalized spacial score (nSPS) is 22.6. The lowest BCUT2D eigenvalue weighted by Crippen LogP contribution is -2.27. The Morgan fingerprint density at radius 3 is 2.74 bits per heavy atom. The van der Waals surface area contributed by atoms with Crippen LogP contribution >= 0.6 is 0 Å². The Balaban J connectivity index is 1.74. The van der Waals surface area contributed by atoms with Crippen LogP contribution in [-0.4, -0.2) is 23.7 Å². The van der Waals surface area contributed by atoms with Gasteiger partial charge in [-0.3, -0.25) is 4.79 Å². The molecular formula is C15H20FNO2. The number of carbonyl (C=O) groups is 1. The van der Waals surface area contributed by atoms with Crippen molar-refractivity contribution in [1.82, 2.24) is 5.32 Å². The molecule has 0 saturated heterocycles. The van der Waals surface area contributed by atoms with Crippen molar-refractivity contribution in [2.45, 2.75) is 44.1 Å². The van der Waals surface area contributed by atoms with E-state index in [1.165, 1.54) is 17.7 Å². The number of hydrogen-bond acceptors (Lipinski definition) is 2. The molecule has 4 heteroatoms. The average molecular weight is 265 g/mol. The van der Waals surface area contributed by atoms with E-state index in [0.717, 1.165) is 25.8 Å². The van der Waals surface area contributed by atoms with Crippen LogP contribution in [0.25, 0.3) is 0 Å². The second-order valence-corrected chi connectivity index (χ2v) is 5.21. The van der Waals surface area contributed by atoms with Crippen LogP contribution in [0.1, 0.15) is 43.6 Å². The Kier molecular flexibility index (Phi) is 4.91. The van der Waals surface area contributed by atoms with Crippen molar-refractivity contribution in [3.8, 4) is 0 Å². The van der Waals surface area contributed by atoms with Gasteiger partial charge in [0, 0.05) is 12.5 Å². The van der Waals surface area contributed by atoms with Crippen LogP contribution in [0.2, 0.25) is 0 Å².